The maximum atomic E-state index is 10.0. The summed E-state index contributed by atoms with van der Waals surface area (Å²) >= 11 is 0. The third-order valence-electron chi connectivity index (χ3n) is 0.858. The molecule has 0 aliphatic carbocycles. The summed E-state index contributed by atoms with van der Waals surface area (Å²) < 4.78 is 0. The second kappa shape index (κ2) is 3.87. The van der Waals surface area contributed by atoms with Gasteiger partial charge in [0.2, 0.25) is 0 Å². The third kappa shape index (κ3) is 3.50. The van der Waals surface area contributed by atoms with Gasteiger partial charge < -0.3 is 5.11 Å². The van der Waals surface area contributed by atoms with Crippen LogP contribution in [-0.2, 0) is 4.79 Å². The first-order valence-corrected chi connectivity index (χ1v) is 2.51. The molecule has 0 bridgehead atoms. The minimum absolute atomic E-state index is 0.0769. The van der Waals surface area contributed by atoms with Crippen molar-refractivity contribution in [2.75, 3.05) is 6.54 Å². The van der Waals surface area contributed by atoms with Crippen LogP contribution in [0.4, 0.5) is 0 Å². The molecule has 0 amide bonds. The number of carboxylic acids is 1. The number of aliphatic carboxylic acids is 1. The van der Waals surface area contributed by atoms with Gasteiger partial charge in [-0.05, 0) is 6.92 Å². The van der Waals surface area contributed by atoms with E-state index in [1.807, 2.05) is 0 Å². The van der Waals surface area contributed by atoms with E-state index in [1.165, 1.54) is 6.92 Å². The molecule has 0 saturated carbocycles. The van der Waals surface area contributed by atoms with Gasteiger partial charge in [0.05, 0.1) is 12.6 Å². The molecule has 0 aromatic heterocycles. The number of rotatable bonds is 3. The summed E-state index contributed by atoms with van der Waals surface area (Å²) in [6, 6.07) is 1.14. The molecule has 9 heavy (non-hydrogen) atoms. The van der Waals surface area contributed by atoms with Gasteiger partial charge in [0.25, 0.3) is 0 Å². The molecule has 0 rings (SSSR count). The van der Waals surface area contributed by atoms with Crippen molar-refractivity contribution in [3.05, 3.63) is 0 Å². The van der Waals surface area contributed by atoms with Gasteiger partial charge in [-0.15, -0.1) is 0 Å². The summed E-state index contributed by atoms with van der Waals surface area (Å²) in [6.45, 7) is 1.56. The molecule has 0 heterocycles. The fraction of sp³-hybridized carbons (Fsp3) is 0.600. The SMILES string of the molecule is CC(NCC#N)C(=O)O. The van der Waals surface area contributed by atoms with Gasteiger partial charge in [-0.2, -0.15) is 5.26 Å². The van der Waals surface area contributed by atoms with Crippen LogP contribution >= 0.6 is 0 Å². The van der Waals surface area contributed by atoms with Gasteiger partial charge in [-0.25, -0.2) is 0 Å². The van der Waals surface area contributed by atoms with E-state index in [9.17, 15) is 4.79 Å². The number of nitrogens with zero attached hydrogens (tertiary/aromatic N) is 1. The number of carboxylic acid groups (broad SMARTS) is 1. The summed E-state index contributed by atoms with van der Waals surface area (Å²) in [5.41, 5.74) is 0. The maximum Gasteiger partial charge on any atom is 0.320 e. The first kappa shape index (κ1) is 7.92. The van der Waals surface area contributed by atoms with Crippen LogP contribution in [0.3, 0.4) is 0 Å². The van der Waals surface area contributed by atoms with Gasteiger partial charge in [0.1, 0.15) is 6.04 Å². The standard InChI is InChI=1S/C5H8N2O2/c1-4(5(8)9)7-3-2-6/h4,7H,3H2,1H3,(H,8,9). The molecule has 0 aromatic carbocycles. The average Bonchev–Trinajstić information content (AvgIpc) is 1.82. The summed E-state index contributed by atoms with van der Waals surface area (Å²) in [7, 11) is 0. The Morgan fingerprint density at radius 1 is 2.00 bits per heavy atom. The number of nitrogens with one attached hydrogen (secondary N) is 1. The van der Waals surface area contributed by atoms with E-state index >= 15 is 0 Å². The molecule has 2 N–H and O–H groups in total. The molecule has 0 radical (unpaired) electrons. The summed E-state index contributed by atoms with van der Waals surface area (Å²) in [5, 5.41) is 18.7. The maximum absolute atomic E-state index is 10.0. The van der Waals surface area contributed by atoms with E-state index in [1.54, 1.807) is 6.07 Å². The van der Waals surface area contributed by atoms with Crippen molar-refractivity contribution in [1.29, 1.82) is 5.26 Å². The summed E-state index contributed by atoms with van der Waals surface area (Å²) in [4.78, 5) is 10.0. The molecular formula is C5H8N2O2. The van der Waals surface area contributed by atoms with E-state index < -0.39 is 12.0 Å². The minimum atomic E-state index is -0.940. The molecule has 0 aliphatic heterocycles. The van der Waals surface area contributed by atoms with Crippen molar-refractivity contribution in [3.8, 4) is 6.07 Å². The van der Waals surface area contributed by atoms with Crippen molar-refractivity contribution < 1.29 is 9.90 Å². The molecule has 0 aromatic rings. The summed E-state index contributed by atoms with van der Waals surface area (Å²) in [5.74, 6) is -0.940. The zero-order chi connectivity index (χ0) is 7.28. The Morgan fingerprint density at radius 3 is 2.89 bits per heavy atom. The summed E-state index contributed by atoms with van der Waals surface area (Å²) in [6.07, 6.45) is 0. The van der Waals surface area contributed by atoms with Crippen LogP contribution in [0, 0.1) is 11.3 Å². The van der Waals surface area contributed by atoms with Crippen LogP contribution in [0.1, 0.15) is 6.92 Å². The van der Waals surface area contributed by atoms with Crippen molar-refractivity contribution >= 4 is 5.97 Å². The van der Waals surface area contributed by atoms with Crippen molar-refractivity contribution in [1.82, 2.24) is 5.32 Å². The molecule has 1 atom stereocenters. The number of hydrogen-bond donors (Lipinski definition) is 2. The minimum Gasteiger partial charge on any atom is -0.480 e. The molecule has 1 unspecified atom stereocenters. The van der Waals surface area contributed by atoms with Crippen molar-refractivity contribution in [2.24, 2.45) is 0 Å². The third-order valence-corrected chi connectivity index (χ3v) is 0.858. The highest BCUT2D eigenvalue weighted by molar-refractivity contribution is 5.72. The molecule has 0 aliphatic rings. The van der Waals surface area contributed by atoms with E-state index in [2.05, 4.69) is 5.32 Å². The van der Waals surface area contributed by atoms with Crippen molar-refractivity contribution in [2.45, 2.75) is 13.0 Å². The number of carbonyl (C=O) groups is 1. The monoisotopic (exact) mass is 128 g/mol. The molecule has 50 valence electrons. The van der Waals surface area contributed by atoms with Crippen LogP contribution in [0.5, 0.6) is 0 Å². The average molecular weight is 128 g/mol. The van der Waals surface area contributed by atoms with E-state index in [-0.39, 0.29) is 6.54 Å². The quantitative estimate of drug-likeness (QED) is 0.506. The predicted octanol–water partition coefficient (Wildman–Crippen LogP) is -0.427. The Balaban J connectivity index is 3.41. The highest BCUT2D eigenvalue weighted by Crippen LogP contribution is 1.77. The lowest BCUT2D eigenvalue weighted by molar-refractivity contribution is -0.138. The Morgan fingerprint density at radius 2 is 2.56 bits per heavy atom. The molecule has 4 nitrogen and oxygen atoms in total. The van der Waals surface area contributed by atoms with Gasteiger partial charge in [0, 0.05) is 0 Å². The molecule has 4 heteroatoms. The van der Waals surface area contributed by atoms with Gasteiger partial charge >= 0.3 is 5.97 Å². The lowest BCUT2D eigenvalue weighted by atomic mass is 10.3. The van der Waals surface area contributed by atoms with Gasteiger partial charge in [0.15, 0.2) is 0 Å². The number of hydrogen-bond acceptors (Lipinski definition) is 3. The highest BCUT2D eigenvalue weighted by Gasteiger charge is 2.07. The largest absolute Gasteiger partial charge is 0.480 e. The topological polar surface area (TPSA) is 73.1 Å². The number of nitriles is 1. The van der Waals surface area contributed by atoms with Gasteiger partial charge in [-0.1, -0.05) is 0 Å². The Kier molecular flexibility index (Phi) is 3.40. The smallest absolute Gasteiger partial charge is 0.320 e. The van der Waals surface area contributed by atoms with E-state index in [0.717, 1.165) is 0 Å². The molecule has 0 spiro atoms. The molecule has 0 fully saturated rings. The first-order valence-electron chi connectivity index (χ1n) is 2.51. The van der Waals surface area contributed by atoms with Crippen LogP contribution < -0.4 is 5.32 Å². The fourth-order valence-corrected chi connectivity index (χ4v) is 0.286. The molecular weight excluding hydrogens is 120 g/mol. The zero-order valence-electron chi connectivity index (χ0n) is 5.09. The van der Waals surface area contributed by atoms with Crippen LogP contribution in [0.15, 0.2) is 0 Å². The van der Waals surface area contributed by atoms with Crippen LogP contribution in [-0.4, -0.2) is 23.7 Å². The Bertz CT molecular complexity index is 138. The van der Waals surface area contributed by atoms with Gasteiger partial charge in [-0.3, -0.25) is 10.1 Å². The fourth-order valence-electron chi connectivity index (χ4n) is 0.286. The second-order valence-corrected chi connectivity index (χ2v) is 1.60. The Hall–Kier alpha value is -1.08. The van der Waals surface area contributed by atoms with Crippen LogP contribution in [0.2, 0.25) is 0 Å². The first-order chi connectivity index (χ1) is 4.18. The predicted molar refractivity (Wildman–Crippen MR) is 30.7 cm³/mol. The lowest BCUT2D eigenvalue weighted by Crippen LogP contribution is -2.33. The van der Waals surface area contributed by atoms with E-state index in [0.29, 0.717) is 0 Å². The normalized spacial score (nSPS) is 12.0. The molecule has 0 saturated heterocycles. The zero-order valence-corrected chi connectivity index (χ0v) is 5.09. The lowest BCUT2D eigenvalue weighted by Gasteiger charge is -2.02. The second-order valence-electron chi connectivity index (χ2n) is 1.60. The Labute approximate surface area is 53.1 Å². The van der Waals surface area contributed by atoms with Crippen molar-refractivity contribution in [3.63, 3.8) is 0 Å². The van der Waals surface area contributed by atoms with E-state index in [4.69, 9.17) is 10.4 Å². The highest BCUT2D eigenvalue weighted by atomic mass is 16.4. The van der Waals surface area contributed by atoms with Crippen LogP contribution in [0.25, 0.3) is 0 Å².